The van der Waals surface area contributed by atoms with Crippen LogP contribution in [0.15, 0.2) is 40.9 Å². The molecule has 0 aliphatic carbocycles. The Hall–Kier alpha value is -1.59. The van der Waals surface area contributed by atoms with E-state index in [4.69, 9.17) is 21.7 Å². The van der Waals surface area contributed by atoms with Crippen molar-refractivity contribution in [2.24, 2.45) is 5.92 Å². The molecule has 2 aromatic carbocycles. The molecule has 0 spiro atoms. The zero-order valence-electron chi connectivity index (χ0n) is 16.1. The Bertz CT molecular complexity index is 799. The summed E-state index contributed by atoms with van der Waals surface area (Å²) < 4.78 is 12.5. The van der Waals surface area contributed by atoms with Gasteiger partial charge in [0.2, 0.25) is 0 Å². The van der Waals surface area contributed by atoms with E-state index in [1.165, 1.54) is 18.4 Å². The highest BCUT2D eigenvalue weighted by molar-refractivity contribution is 9.10. The average molecular weight is 448 g/mol. The van der Waals surface area contributed by atoms with Crippen molar-refractivity contribution >= 4 is 33.1 Å². The van der Waals surface area contributed by atoms with Gasteiger partial charge in [-0.3, -0.25) is 0 Å². The fourth-order valence-corrected chi connectivity index (χ4v) is 4.07. The van der Waals surface area contributed by atoms with Crippen LogP contribution < -0.4 is 9.47 Å². The van der Waals surface area contributed by atoms with Gasteiger partial charge in [-0.05, 0) is 59.3 Å². The predicted octanol–water partition coefficient (Wildman–Crippen LogP) is 5.75. The van der Waals surface area contributed by atoms with E-state index in [1.54, 1.807) is 7.11 Å². The molecule has 1 aliphatic rings. The smallest absolute Gasteiger partial charge is 0.175 e. The molecule has 1 aliphatic heterocycles. The van der Waals surface area contributed by atoms with Crippen molar-refractivity contribution in [2.75, 3.05) is 20.2 Å². The standard InChI is InChI=1S/C22H26BrNO2S/c1-15-4-6-17(7-5-15)14-26-21-19(23)12-18(13-20(21)25-3)22(27)24-10-8-16(2)9-11-24/h4-7,12-13,16H,8-11,14H2,1-3H3. The van der Waals surface area contributed by atoms with Gasteiger partial charge in [0, 0.05) is 18.7 Å². The third-order valence-corrected chi connectivity index (χ3v) is 6.13. The molecule has 2 aromatic rings. The van der Waals surface area contributed by atoms with Gasteiger partial charge >= 0.3 is 0 Å². The lowest BCUT2D eigenvalue weighted by Gasteiger charge is -2.32. The van der Waals surface area contributed by atoms with Crippen molar-refractivity contribution < 1.29 is 9.47 Å². The molecule has 0 bridgehead atoms. The second-order valence-electron chi connectivity index (χ2n) is 7.24. The second kappa shape index (κ2) is 9.07. The molecule has 3 nitrogen and oxygen atoms in total. The largest absolute Gasteiger partial charge is 0.493 e. The molecule has 0 aromatic heterocycles. The number of methoxy groups -OCH3 is 1. The number of ether oxygens (including phenoxy) is 2. The fourth-order valence-electron chi connectivity index (χ4n) is 3.22. The van der Waals surface area contributed by atoms with Crippen LogP contribution in [0.1, 0.15) is 36.5 Å². The van der Waals surface area contributed by atoms with Crippen LogP contribution >= 0.6 is 28.1 Å². The lowest BCUT2D eigenvalue weighted by molar-refractivity contribution is 0.281. The van der Waals surface area contributed by atoms with Gasteiger partial charge in [-0.15, -0.1) is 0 Å². The van der Waals surface area contributed by atoms with E-state index in [9.17, 15) is 0 Å². The van der Waals surface area contributed by atoms with Gasteiger partial charge < -0.3 is 14.4 Å². The fraction of sp³-hybridized carbons (Fsp3) is 0.409. The van der Waals surface area contributed by atoms with Crippen LogP contribution in [0.2, 0.25) is 0 Å². The van der Waals surface area contributed by atoms with Crippen LogP contribution in [0.5, 0.6) is 11.5 Å². The number of nitrogens with zero attached hydrogens (tertiary/aromatic N) is 1. The number of aryl methyl sites for hydroxylation is 1. The summed E-state index contributed by atoms with van der Waals surface area (Å²) in [6.07, 6.45) is 2.38. The maximum absolute atomic E-state index is 6.05. The summed E-state index contributed by atoms with van der Waals surface area (Å²) >= 11 is 9.39. The molecule has 0 unspecified atom stereocenters. The minimum absolute atomic E-state index is 0.489. The highest BCUT2D eigenvalue weighted by atomic mass is 79.9. The molecule has 0 N–H and O–H groups in total. The highest BCUT2D eigenvalue weighted by Crippen LogP contribution is 2.38. The number of thiocarbonyl (C=S) groups is 1. The van der Waals surface area contributed by atoms with E-state index in [2.05, 4.69) is 58.9 Å². The predicted molar refractivity (Wildman–Crippen MR) is 118 cm³/mol. The van der Waals surface area contributed by atoms with Crippen molar-refractivity contribution in [1.29, 1.82) is 0 Å². The lowest BCUT2D eigenvalue weighted by atomic mass is 9.99. The molecule has 144 valence electrons. The second-order valence-corrected chi connectivity index (χ2v) is 8.48. The number of rotatable bonds is 5. The van der Waals surface area contributed by atoms with E-state index in [0.29, 0.717) is 18.1 Å². The van der Waals surface area contributed by atoms with Gasteiger partial charge in [-0.25, -0.2) is 0 Å². The van der Waals surface area contributed by atoms with Crippen molar-refractivity contribution in [2.45, 2.75) is 33.3 Å². The molecule has 1 heterocycles. The SMILES string of the molecule is COc1cc(C(=S)N2CCC(C)CC2)cc(Br)c1OCc1ccc(C)cc1. The van der Waals surface area contributed by atoms with E-state index < -0.39 is 0 Å². The van der Waals surface area contributed by atoms with Crippen molar-refractivity contribution in [3.8, 4) is 11.5 Å². The van der Waals surface area contributed by atoms with Crippen LogP contribution in [-0.2, 0) is 6.61 Å². The Morgan fingerprint density at radius 2 is 1.85 bits per heavy atom. The summed E-state index contributed by atoms with van der Waals surface area (Å²) in [4.78, 5) is 3.18. The van der Waals surface area contributed by atoms with E-state index in [1.807, 2.05) is 12.1 Å². The molecule has 5 heteroatoms. The van der Waals surface area contributed by atoms with Crippen LogP contribution in [0.25, 0.3) is 0 Å². The Labute approximate surface area is 175 Å². The summed E-state index contributed by atoms with van der Waals surface area (Å²) in [5.74, 6) is 2.18. The monoisotopic (exact) mass is 447 g/mol. The first-order valence-corrected chi connectivity index (χ1v) is 10.5. The van der Waals surface area contributed by atoms with Crippen molar-refractivity contribution in [3.63, 3.8) is 0 Å². The van der Waals surface area contributed by atoms with Gasteiger partial charge in [0.05, 0.1) is 11.6 Å². The molecular formula is C22H26BrNO2S. The number of benzene rings is 2. The van der Waals surface area contributed by atoms with Gasteiger partial charge in [0.15, 0.2) is 11.5 Å². The van der Waals surface area contributed by atoms with E-state index in [-0.39, 0.29) is 0 Å². The molecular weight excluding hydrogens is 422 g/mol. The van der Waals surface area contributed by atoms with Crippen LogP contribution in [0.3, 0.4) is 0 Å². The van der Waals surface area contributed by atoms with Gasteiger partial charge in [0.1, 0.15) is 11.6 Å². The van der Waals surface area contributed by atoms with E-state index >= 15 is 0 Å². The molecule has 1 saturated heterocycles. The normalized spacial score (nSPS) is 14.9. The zero-order valence-corrected chi connectivity index (χ0v) is 18.5. The Kier molecular flexibility index (Phi) is 6.77. The lowest BCUT2D eigenvalue weighted by Crippen LogP contribution is -2.37. The summed E-state index contributed by atoms with van der Waals surface area (Å²) in [5, 5.41) is 0. The van der Waals surface area contributed by atoms with Gasteiger partial charge in [-0.2, -0.15) is 0 Å². The molecule has 27 heavy (non-hydrogen) atoms. The van der Waals surface area contributed by atoms with Gasteiger partial charge in [-0.1, -0.05) is 49.0 Å². The third kappa shape index (κ3) is 5.02. The summed E-state index contributed by atoms with van der Waals surface area (Å²) in [7, 11) is 1.66. The van der Waals surface area contributed by atoms with Crippen LogP contribution in [-0.4, -0.2) is 30.1 Å². The van der Waals surface area contributed by atoms with Crippen LogP contribution in [0, 0.1) is 12.8 Å². The van der Waals surface area contributed by atoms with Crippen LogP contribution in [0.4, 0.5) is 0 Å². The minimum atomic E-state index is 0.489. The first-order chi connectivity index (χ1) is 13.0. The molecule has 0 radical (unpaired) electrons. The van der Waals surface area contributed by atoms with E-state index in [0.717, 1.165) is 39.6 Å². The number of likely N-dealkylation sites (tertiary alicyclic amines) is 1. The zero-order chi connectivity index (χ0) is 19.4. The highest BCUT2D eigenvalue weighted by Gasteiger charge is 2.21. The number of hydrogen-bond donors (Lipinski definition) is 0. The molecule has 1 fully saturated rings. The molecule has 3 rings (SSSR count). The number of hydrogen-bond acceptors (Lipinski definition) is 3. The Morgan fingerprint density at radius 3 is 2.48 bits per heavy atom. The topological polar surface area (TPSA) is 21.7 Å². The third-order valence-electron chi connectivity index (χ3n) is 5.05. The number of halogens is 1. The maximum Gasteiger partial charge on any atom is 0.175 e. The first-order valence-electron chi connectivity index (χ1n) is 9.33. The molecule has 0 saturated carbocycles. The van der Waals surface area contributed by atoms with Crippen molar-refractivity contribution in [3.05, 3.63) is 57.6 Å². The summed E-state index contributed by atoms with van der Waals surface area (Å²) in [5.41, 5.74) is 3.35. The summed E-state index contributed by atoms with van der Waals surface area (Å²) in [6, 6.07) is 12.4. The van der Waals surface area contributed by atoms with Crippen molar-refractivity contribution in [1.82, 2.24) is 4.90 Å². The minimum Gasteiger partial charge on any atom is -0.493 e. The average Bonchev–Trinajstić information content (AvgIpc) is 2.67. The van der Waals surface area contributed by atoms with Gasteiger partial charge in [0.25, 0.3) is 0 Å². The molecule has 0 amide bonds. The number of piperidine rings is 1. The maximum atomic E-state index is 6.05. The molecule has 0 atom stereocenters. The first kappa shape index (κ1) is 20.2. The quantitative estimate of drug-likeness (QED) is 0.543. The Balaban J connectivity index is 1.76. The Morgan fingerprint density at radius 1 is 1.19 bits per heavy atom. The summed E-state index contributed by atoms with van der Waals surface area (Å²) in [6.45, 7) is 6.91.